The van der Waals surface area contributed by atoms with E-state index in [1.807, 2.05) is 78.5 Å². The number of hydrogen-bond acceptors (Lipinski definition) is 4. The van der Waals surface area contributed by atoms with Crippen LogP contribution >= 0.6 is 22.9 Å². The van der Waals surface area contributed by atoms with Crippen LogP contribution in [0.3, 0.4) is 0 Å². The van der Waals surface area contributed by atoms with Gasteiger partial charge < -0.3 is 5.32 Å². The molecule has 0 fully saturated rings. The van der Waals surface area contributed by atoms with Crippen LogP contribution < -0.4 is 5.32 Å². The highest BCUT2D eigenvalue weighted by molar-refractivity contribution is 7.12. The Kier molecular flexibility index (Phi) is 6.49. The molecular formula is C24H23ClN4OS. The lowest BCUT2D eigenvalue weighted by Crippen LogP contribution is -2.24. The summed E-state index contributed by atoms with van der Waals surface area (Å²) in [5, 5.41) is 11.1. The number of aryl methyl sites for hydroxylation is 1. The van der Waals surface area contributed by atoms with E-state index in [4.69, 9.17) is 16.7 Å². The summed E-state index contributed by atoms with van der Waals surface area (Å²) in [6.07, 6.45) is 0.965. The van der Waals surface area contributed by atoms with Crippen molar-refractivity contribution in [3.63, 3.8) is 0 Å². The summed E-state index contributed by atoms with van der Waals surface area (Å²) in [6, 6.07) is 17.7. The zero-order valence-electron chi connectivity index (χ0n) is 17.4. The Morgan fingerprint density at radius 1 is 1.10 bits per heavy atom. The van der Waals surface area contributed by atoms with Gasteiger partial charge in [0.1, 0.15) is 0 Å². The quantitative estimate of drug-likeness (QED) is 0.428. The van der Waals surface area contributed by atoms with Crippen molar-refractivity contribution < 1.29 is 4.79 Å². The average Bonchev–Trinajstić information content (AvgIpc) is 3.34. The summed E-state index contributed by atoms with van der Waals surface area (Å²) >= 11 is 7.83. The molecule has 0 aliphatic rings. The van der Waals surface area contributed by atoms with Gasteiger partial charge in [0.15, 0.2) is 0 Å². The van der Waals surface area contributed by atoms with E-state index in [0.29, 0.717) is 6.54 Å². The second kappa shape index (κ2) is 9.45. The number of thiazole rings is 1. The first-order valence-corrected chi connectivity index (χ1v) is 11.3. The molecule has 1 N–H and O–H groups in total. The number of nitrogens with zero attached hydrogens (tertiary/aromatic N) is 3. The van der Waals surface area contributed by atoms with E-state index < -0.39 is 0 Å². The first-order chi connectivity index (χ1) is 15.0. The minimum Gasteiger partial charge on any atom is -0.352 e. The third kappa shape index (κ3) is 5.03. The van der Waals surface area contributed by atoms with Crippen molar-refractivity contribution in [3.05, 3.63) is 98.8 Å². The Morgan fingerprint density at radius 2 is 1.84 bits per heavy atom. The Balaban J connectivity index is 1.45. The molecule has 158 valence electrons. The van der Waals surface area contributed by atoms with Crippen LogP contribution in [0.4, 0.5) is 0 Å². The van der Waals surface area contributed by atoms with Crippen molar-refractivity contribution in [2.24, 2.45) is 0 Å². The Hall–Kier alpha value is -2.96. The normalized spacial score (nSPS) is 10.9. The number of amides is 1. The van der Waals surface area contributed by atoms with E-state index in [9.17, 15) is 4.79 Å². The van der Waals surface area contributed by atoms with Crippen LogP contribution in [-0.2, 0) is 24.2 Å². The lowest BCUT2D eigenvalue weighted by atomic mass is 10.0. The van der Waals surface area contributed by atoms with E-state index in [0.717, 1.165) is 50.3 Å². The van der Waals surface area contributed by atoms with E-state index in [-0.39, 0.29) is 12.3 Å². The first kappa shape index (κ1) is 21.3. The van der Waals surface area contributed by atoms with Crippen molar-refractivity contribution in [2.45, 2.75) is 33.2 Å². The molecule has 31 heavy (non-hydrogen) atoms. The molecule has 0 atom stereocenters. The van der Waals surface area contributed by atoms with Crippen molar-refractivity contribution in [3.8, 4) is 5.13 Å². The van der Waals surface area contributed by atoms with Gasteiger partial charge in [-0.1, -0.05) is 60.1 Å². The maximum atomic E-state index is 12.3. The van der Waals surface area contributed by atoms with E-state index in [2.05, 4.69) is 10.3 Å². The number of halogens is 1. The largest absolute Gasteiger partial charge is 0.352 e. The molecule has 2 aromatic carbocycles. The number of hydrogen-bond donors (Lipinski definition) is 1. The SMILES string of the molecule is Cc1nn(-c2nc(CC(=O)NCc3ccccc3)cs2)c(C)c1Cc1ccccc1Cl. The zero-order valence-corrected chi connectivity index (χ0v) is 19.0. The summed E-state index contributed by atoms with van der Waals surface area (Å²) < 4.78 is 1.86. The molecule has 5 nitrogen and oxygen atoms in total. The van der Waals surface area contributed by atoms with Gasteiger partial charge in [0, 0.05) is 34.6 Å². The van der Waals surface area contributed by atoms with Crippen LogP contribution in [0.5, 0.6) is 0 Å². The predicted octanol–water partition coefficient (Wildman–Crippen LogP) is 5.05. The minimum absolute atomic E-state index is 0.0477. The molecule has 4 aromatic rings. The molecular weight excluding hydrogens is 428 g/mol. The van der Waals surface area contributed by atoms with Crippen molar-refractivity contribution in [2.75, 3.05) is 0 Å². The van der Waals surface area contributed by atoms with Gasteiger partial charge in [0.2, 0.25) is 11.0 Å². The Labute approximate surface area is 190 Å². The van der Waals surface area contributed by atoms with E-state index >= 15 is 0 Å². The summed E-state index contributed by atoms with van der Waals surface area (Å²) in [4.78, 5) is 17.0. The lowest BCUT2D eigenvalue weighted by molar-refractivity contribution is -0.120. The molecule has 7 heteroatoms. The molecule has 0 unspecified atom stereocenters. The molecule has 1 amide bonds. The highest BCUT2D eigenvalue weighted by atomic mass is 35.5. The fourth-order valence-electron chi connectivity index (χ4n) is 3.45. The number of carbonyl (C=O) groups excluding carboxylic acids is 1. The third-order valence-corrected chi connectivity index (χ3v) is 6.39. The molecule has 0 aliphatic carbocycles. The van der Waals surface area contributed by atoms with Gasteiger partial charge in [0.05, 0.1) is 17.8 Å². The smallest absolute Gasteiger partial charge is 0.226 e. The van der Waals surface area contributed by atoms with Gasteiger partial charge in [-0.3, -0.25) is 4.79 Å². The maximum Gasteiger partial charge on any atom is 0.226 e. The van der Waals surface area contributed by atoms with Crippen LogP contribution in [0.25, 0.3) is 5.13 Å². The van der Waals surface area contributed by atoms with E-state index in [1.54, 1.807) is 0 Å². The molecule has 0 saturated carbocycles. The van der Waals surface area contributed by atoms with Crippen LogP contribution in [0.1, 0.15) is 33.8 Å². The van der Waals surface area contributed by atoms with Crippen molar-refractivity contribution >= 4 is 28.8 Å². The molecule has 0 aliphatic heterocycles. The highest BCUT2D eigenvalue weighted by Gasteiger charge is 2.17. The maximum absolute atomic E-state index is 12.3. The highest BCUT2D eigenvalue weighted by Crippen LogP contribution is 2.25. The average molecular weight is 451 g/mol. The zero-order chi connectivity index (χ0) is 21.8. The van der Waals surface area contributed by atoms with Crippen LogP contribution in [0.15, 0.2) is 60.0 Å². The summed E-state index contributed by atoms with van der Waals surface area (Å²) in [5.74, 6) is -0.0477. The summed E-state index contributed by atoms with van der Waals surface area (Å²) in [6.45, 7) is 4.56. The molecule has 2 aromatic heterocycles. The predicted molar refractivity (Wildman–Crippen MR) is 125 cm³/mol. The van der Waals surface area contributed by atoms with Crippen molar-refractivity contribution in [1.29, 1.82) is 0 Å². The second-order valence-corrected chi connectivity index (χ2v) is 8.63. The molecule has 0 radical (unpaired) electrons. The molecule has 4 rings (SSSR count). The lowest BCUT2D eigenvalue weighted by Gasteiger charge is -2.05. The van der Waals surface area contributed by atoms with Gasteiger partial charge >= 0.3 is 0 Å². The fraction of sp³-hybridized carbons (Fsp3) is 0.208. The van der Waals surface area contributed by atoms with Gasteiger partial charge in [-0.05, 0) is 31.0 Å². The monoisotopic (exact) mass is 450 g/mol. The molecule has 0 saturated heterocycles. The van der Waals surface area contributed by atoms with Crippen LogP contribution in [0, 0.1) is 13.8 Å². The second-order valence-electron chi connectivity index (χ2n) is 7.39. The van der Waals surface area contributed by atoms with Crippen LogP contribution in [0.2, 0.25) is 5.02 Å². The number of nitrogens with one attached hydrogen (secondary N) is 1. The summed E-state index contributed by atoms with van der Waals surface area (Å²) in [5.41, 5.74) is 6.02. The number of carbonyl (C=O) groups is 1. The van der Waals surface area contributed by atoms with Crippen molar-refractivity contribution in [1.82, 2.24) is 20.1 Å². The number of aromatic nitrogens is 3. The van der Waals surface area contributed by atoms with Gasteiger partial charge in [-0.15, -0.1) is 11.3 Å². The molecule has 2 heterocycles. The Bertz CT molecular complexity index is 1200. The van der Waals surface area contributed by atoms with Gasteiger partial charge in [-0.25, -0.2) is 9.67 Å². The molecule has 0 spiro atoms. The fourth-order valence-corrected chi connectivity index (χ4v) is 4.48. The number of rotatable bonds is 7. The van der Waals surface area contributed by atoms with Gasteiger partial charge in [0.25, 0.3) is 0 Å². The summed E-state index contributed by atoms with van der Waals surface area (Å²) in [7, 11) is 0. The first-order valence-electron chi connectivity index (χ1n) is 10.0. The topological polar surface area (TPSA) is 59.8 Å². The van der Waals surface area contributed by atoms with Gasteiger partial charge in [-0.2, -0.15) is 5.10 Å². The standard InChI is InChI=1S/C24H23ClN4OS/c1-16-21(12-19-10-6-7-11-22(19)25)17(2)29(28-16)24-27-20(15-31-24)13-23(30)26-14-18-8-4-3-5-9-18/h3-11,15H,12-14H2,1-2H3,(H,26,30). The minimum atomic E-state index is -0.0477. The molecule has 0 bridgehead atoms. The van der Waals surface area contributed by atoms with E-state index in [1.165, 1.54) is 11.3 Å². The van der Waals surface area contributed by atoms with Crippen LogP contribution in [-0.4, -0.2) is 20.7 Å². The number of benzene rings is 2. The third-order valence-electron chi connectivity index (χ3n) is 5.16. The Morgan fingerprint density at radius 3 is 2.61 bits per heavy atom.